The summed E-state index contributed by atoms with van der Waals surface area (Å²) in [5, 5.41) is 1.40. The molecule has 19 heavy (non-hydrogen) atoms. The second-order valence-corrected chi connectivity index (χ2v) is 7.01. The fourth-order valence-corrected chi connectivity index (χ4v) is 4.38. The maximum Gasteiger partial charge on any atom is 0.134 e. The molecule has 2 unspecified atom stereocenters. The SMILES string of the molecule is NC(CS(=O)C1CCCC1)c1cc2ccccc2o1. The van der Waals surface area contributed by atoms with Gasteiger partial charge in [-0.3, -0.25) is 4.21 Å². The minimum absolute atomic E-state index is 0.270. The first kappa shape index (κ1) is 12.9. The molecule has 4 heteroatoms. The quantitative estimate of drug-likeness (QED) is 0.934. The molecule has 1 fully saturated rings. The van der Waals surface area contributed by atoms with Crippen molar-refractivity contribution in [2.75, 3.05) is 5.75 Å². The zero-order valence-corrected chi connectivity index (χ0v) is 11.7. The second kappa shape index (κ2) is 5.47. The normalized spacial score (nSPS) is 19.8. The second-order valence-electron chi connectivity index (χ2n) is 5.25. The maximum atomic E-state index is 12.2. The Bertz CT molecular complexity index is 554. The Morgan fingerprint density at radius 3 is 2.79 bits per heavy atom. The van der Waals surface area contributed by atoms with E-state index in [2.05, 4.69) is 0 Å². The number of rotatable bonds is 4. The van der Waals surface area contributed by atoms with Gasteiger partial charge in [-0.2, -0.15) is 0 Å². The highest BCUT2D eigenvalue weighted by atomic mass is 32.2. The van der Waals surface area contributed by atoms with Crippen molar-refractivity contribution in [3.05, 3.63) is 36.1 Å². The summed E-state index contributed by atoms with van der Waals surface area (Å²) >= 11 is 0. The molecule has 2 N–H and O–H groups in total. The van der Waals surface area contributed by atoms with Crippen LogP contribution in [-0.4, -0.2) is 15.2 Å². The molecular weight excluding hydrogens is 258 g/mol. The first-order chi connectivity index (χ1) is 9.24. The van der Waals surface area contributed by atoms with E-state index in [1.54, 1.807) is 0 Å². The maximum absolute atomic E-state index is 12.2. The highest BCUT2D eigenvalue weighted by Crippen LogP contribution is 2.27. The highest BCUT2D eigenvalue weighted by molar-refractivity contribution is 7.85. The van der Waals surface area contributed by atoms with Gasteiger partial charge in [0.15, 0.2) is 0 Å². The molecule has 0 spiro atoms. The third kappa shape index (κ3) is 2.74. The number of furan rings is 1. The van der Waals surface area contributed by atoms with Crippen molar-refractivity contribution in [1.29, 1.82) is 0 Å². The predicted molar refractivity (Wildman–Crippen MR) is 78.4 cm³/mol. The van der Waals surface area contributed by atoms with Gasteiger partial charge < -0.3 is 10.2 Å². The van der Waals surface area contributed by atoms with Crippen molar-refractivity contribution in [2.24, 2.45) is 5.73 Å². The van der Waals surface area contributed by atoms with Crippen LogP contribution in [0.3, 0.4) is 0 Å². The number of hydrogen-bond acceptors (Lipinski definition) is 3. The molecule has 2 atom stereocenters. The fraction of sp³-hybridized carbons (Fsp3) is 0.467. The number of fused-ring (bicyclic) bond motifs is 1. The predicted octanol–water partition coefficient (Wildman–Crippen LogP) is 3.12. The molecule has 1 heterocycles. The Balaban J connectivity index is 1.72. The van der Waals surface area contributed by atoms with E-state index in [0.29, 0.717) is 11.0 Å². The summed E-state index contributed by atoms with van der Waals surface area (Å²) in [5.41, 5.74) is 6.99. The number of hydrogen-bond donors (Lipinski definition) is 1. The minimum Gasteiger partial charge on any atom is -0.459 e. The largest absolute Gasteiger partial charge is 0.459 e. The van der Waals surface area contributed by atoms with Crippen LogP contribution >= 0.6 is 0 Å². The molecule has 1 saturated carbocycles. The Morgan fingerprint density at radius 2 is 2.05 bits per heavy atom. The van der Waals surface area contributed by atoms with Crippen molar-refractivity contribution in [3.63, 3.8) is 0 Å². The van der Waals surface area contributed by atoms with Gasteiger partial charge in [-0.15, -0.1) is 0 Å². The molecule has 2 aromatic rings. The zero-order valence-electron chi connectivity index (χ0n) is 10.9. The van der Waals surface area contributed by atoms with Gasteiger partial charge >= 0.3 is 0 Å². The summed E-state index contributed by atoms with van der Waals surface area (Å²) in [5.74, 6) is 1.25. The molecule has 1 aromatic carbocycles. The molecule has 3 nitrogen and oxygen atoms in total. The van der Waals surface area contributed by atoms with Gasteiger partial charge in [0.1, 0.15) is 11.3 Å². The monoisotopic (exact) mass is 277 g/mol. The van der Waals surface area contributed by atoms with Gasteiger partial charge in [-0.25, -0.2) is 0 Å². The van der Waals surface area contributed by atoms with Crippen LogP contribution in [-0.2, 0) is 10.8 Å². The average Bonchev–Trinajstić information content (AvgIpc) is 3.07. The minimum atomic E-state index is -0.833. The molecule has 1 aromatic heterocycles. The Labute approximate surface area is 115 Å². The van der Waals surface area contributed by atoms with Crippen LogP contribution in [0.2, 0.25) is 0 Å². The molecule has 3 rings (SSSR count). The summed E-state index contributed by atoms with van der Waals surface area (Å²) < 4.78 is 18.0. The van der Waals surface area contributed by atoms with Crippen LogP contribution < -0.4 is 5.73 Å². The van der Waals surface area contributed by atoms with Crippen molar-refractivity contribution in [3.8, 4) is 0 Å². The van der Waals surface area contributed by atoms with Crippen LogP contribution in [0, 0.1) is 0 Å². The van der Waals surface area contributed by atoms with Gasteiger partial charge in [0.2, 0.25) is 0 Å². The fourth-order valence-electron chi connectivity index (χ4n) is 2.73. The third-order valence-electron chi connectivity index (χ3n) is 3.83. The lowest BCUT2D eigenvalue weighted by Crippen LogP contribution is -2.23. The molecule has 102 valence electrons. The summed E-state index contributed by atoms with van der Waals surface area (Å²) in [6.45, 7) is 0. The summed E-state index contributed by atoms with van der Waals surface area (Å²) in [6.07, 6.45) is 4.57. The molecule has 0 aliphatic heterocycles. The number of nitrogens with two attached hydrogens (primary N) is 1. The van der Waals surface area contributed by atoms with Crippen LogP contribution in [0.25, 0.3) is 11.0 Å². The summed E-state index contributed by atoms with van der Waals surface area (Å²) in [4.78, 5) is 0. The van der Waals surface area contributed by atoms with E-state index in [-0.39, 0.29) is 6.04 Å². The third-order valence-corrected chi connectivity index (χ3v) is 5.73. The molecule has 0 saturated heterocycles. The topological polar surface area (TPSA) is 56.2 Å². The van der Waals surface area contributed by atoms with E-state index < -0.39 is 10.8 Å². The molecule has 1 aliphatic carbocycles. The number of para-hydroxylation sites is 1. The van der Waals surface area contributed by atoms with Gasteiger partial charge in [0, 0.05) is 27.2 Å². The molecule has 1 aliphatic rings. The lowest BCUT2D eigenvalue weighted by atomic mass is 10.2. The number of benzene rings is 1. The van der Waals surface area contributed by atoms with E-state index >= 15 is 0 Å². The van der Waals surface area contributed by atoms with E-state index in [4.69, 9.17) is 10.2 Å². The van der Waals surface area contributed by atoms with Gasteiger partial charge in [0.25, 0.3) is 0 Å². The standard InChI is InChI=1S/C15H19NO2S/c16-13(10-19(17)12-6-2-3-7-12)15-9-11-5-1-4-8-14(11)18-15/h1,4-5,8-9,12-13H,2-3,6-7,10,16H2. The first-order valence-electron chi connectivity index (χ1n) is 6.85. The van der Waals surface area contributed by atoms with Crippen LogP contribution in [0.15, 0.2) is 34.7 Å². The summed E-state index contributed by atoms with van der Waals surface area (Å²) in [7, 11) is -0.833. The van der Waals surface area contributed by atoms with Crippen molar-refractivity contribution >= 4 is 21.8 Å². The molecule has 0 radical (unpaired) electrons. The van der Waals surface area contributed by atoms with Gasteiger partial charge in [-0.05, 0) is 25.0 Å². The van der Waals surface area contributed by atoms with Crippen LogP contribution in [0.1, 0.15) is 37.5 Å². The average molecular weight is 277 g/mol. The Morgan fingerprint density at radius 1 is 1.32 bits per heavy atom. The van der Waals surface area contributed by atoms with Gasteiger partial charge in [0.05, 0.1) is 6.04 Å². The first-order valence-corrected chi connectivity index (χ1v) is 8.23. The van der Waals surface area contributed by atoms with E-state index in [1.807, 2.05) is 30.3 Å². The van der Waals surface area contributed by atoms with Crippen LogP contribution in [0.4, 0.5) is 0 Å². The zero-order chi connectivity index (χ0) is 13.2. The lowest BCUT2D eigenvalue weighted by molar-refractivity contribution is 0.513. The Hall–Kier alpha value is -1.13. The van der Waals surface area contributed by atoms with E-state index in [9.17, 15) is 4.21 Å². The Kier molecular flexibility index (Phi) is 3.71. The molecule has 0 amide bonds. The lowest BCUT2D eigenvalue weighted by Gasteiger charge is -2.12. The van der Waals surface area contributed by atoms with E-state index in [1.165, 1.54) is 12.8 Å². The molecular formula is C15H19NO2S. The highest BCUT2D eigenvalue weighted by Gasteiger charge is 2.24. The van der Waals surface area contributed by atoms with E-state index in [0.717, 1.165) is 29.6 Å². The van der Waals surface area contributed by atoms with Crippen molar-refractivity contribution < 1.29 is 8.63 Å². The van der Waals surface area contributed by atoms with Crippen LogP contribution in [0.5, 0.6) is 0 Å². The van der Waals surface area contributed by atoms with Crippen molar-refractivity contribution in [2.45, 2.75) is 37.0 Å². The smallest absolute Gasteiger partial charge is 0.134 e. The summed E-state index contributed by atoms with van der Waals surface area (Å²) in [6, 6.07) is 9.55. The van der Waals surface area contributed by atoms with Crippen molar-refractivity contribution in [1.82, 2.24) is 0 Å². The molecule has 0 bridgehead atoms. The van der Waals surface area contributed by atoms with Gasteiger partial charge in [-0.1, -0.05) is 31.0 Å².